The van der Waals surface area contributed by atoms with Gasteiger partial charge in [-0.25, -0.2) is 0 Å². The normalized spacial score (nSPS) is 10.9. The highest BCUT2D eigenvalue weighted by Gasteiger charge is 2.26. The molecule has 154 valence electrons. The maximum Gasteiger partial charge on any atom is 0.261 e. The second kappa shape index (κ2) is 8.48. The van der Waals surface area contributed by atoms with Crippen LogP contribution >= 0.6 is 0 Å². The third-order valence-corrected chi connectivity index (χ3v) is 5.71. The van der Waals surface area contributed by atoms with Gasteiger partial charge in [0.15, 0.2) is 0 Å². The Morgan fingerprint density at radius 1 is 0.500 bits per heavy atom. The van der Waals surface area contributed by atoms with Crippen LogP contribution in [-0.4, -0.2) is 16.7 Å². The molecule has 5 aromatic rings. The summed E-state index contributed by atoms with van der Waals surface area (Å²) in [7, 11) is 0. The number of amides is 2. The first-order valence-electron chi connectivity index (χ1n) is 10.6. The fourth-order valence-corrected chi connectivity index (χ4v) is 4.12. The largest absolute Gasteiger partial charge is 0.270 e. The van der Waals surface area contributed by atoms with Gasteiger partial charge < -0.3 is 0 Å². The molecule has 0 aliphatic carbocycles. The molecule has 0 saturated heterocycles. The minimum absolute atomic E-state index is 0.199. The summed E-state index contributed by atoms with van der Waals surface area (Å²) in [6.45, 7) is 0.199. The number of hydrogen-bond acceptors (Lipinski definition) is 2. The van der Waals surface area contributed by atoms with Crippen molar-refractivity contribution in [3.8, 4) is 0 Å². The van der Waals surface area contributed by atoms with Gasteiger partial charge in [0.05, 0.1) is 6.54 Å². The van der Waals surface area contributed by atoms with Gasteiger partial charge in [0.25, 0.3) is 11.8 Å². The standard InChI is InChI=1S/C29H21NO2/c31-28(26-18-8-14-22-12-4-6-16-24(22)26)30(20-21-10-2-1-3-11-21)29(32)27-19-9-15-23-13-5-7-17-25(23)27/h1-19H,20H2. The molecule has 32 heavy (non-hydrogen) atoms. The van der Waals surface area contributed by atoms with E-state index in [2.05, 4.69) is 0 Å². The van der Waals surface area contributed by atoms with E-state index in [1.165, 1.54) is 4.90 Å². The summed E-state index contributed by atoms with van der Waals surface area (Å²) in [5, 5.41) is 3.61. The SMILES string of the molecule is O=C(c1cccc2ccccc12)N(Cc1ccccc1)C(=O)c1cccc2ccccc12. The van der Waals surface area contributed by atoms with Crippen molar-refractivity contribution in [2.24, 2.45) is 0 Å². The molecule has 0 N–H and O–H groups in total. The summed E-state index contributed by atoms with van der Waals surface area (Å²) >= 11 is 0. The van der Waals surface area contributed by atoms with Crippen LogP contribution in [0.15, 0.2) is 115 Å². The molecule has 5 aromatic carbocycles. The van der Waals surface area contributed by atoms with Crippen LogP contribution in [0.25, 0.3) is 21.5 Å². The van der Waals surface area contributed by atoms with Crippen molar-refractivity contribution < 1.29 is 9.59 Å². The average Bonchev–Trinajstić information content (AvgIpc) is 2.86. The molecule has 0 atom stereocenters. The highest BCUT2D eigenvalue weighted by Crippen LogP contribution is 2.25. The predicted molar refractivity (Wildman–Crippen MR) is 129 cm³/mol. The van der Waals surface area contributed by atoms with Crippen molar-refractivity contribution >= 4 is 33.4 Å². The molecule has 0 spiro atoms. The predicted octanol–water partition coefficient (Wildman–Crippen LogP) is 6.48. The van der Waals surface area contributed by atoms with Gasteiger partial charge >= 0.3 is 0 Å². The lowest BCUT2D eigenvalue weighted by Gasteiger charge is -2.23. The minimum atomic E-state index is -0.302. The molecule has 0 saturated carbocycles. The average molecular weight is 415 g/mol. The van der Waals surface area contributed by atoms with Crippen molar-refractivity contribution in [3.05, 3.63) is 132 Å². The van der Waals surface area contributed by atoms with Crippen molar-refractivity contribution in [1.29, 1.82) is 0 Å². The Morgan fingerprint density at radius 3 is 1.47 bits per heavy atom. The van der Waals surface area contributed by atoms with E-state index < -0.39 is 0 Å². The smallest absolute Gasteiger partial charge is 0.261 e. The zero-order valence-electron chi connectivity index (χ0n) is 17.4. The minimum Gasteiger partial charge on any atom is -0.270 e. The lowest BCUT2D eigenvalue weighted by atomic mass is 10.0. The molecule has 3 nitrogen and oxygen atoms in total. The Labute approximate surface area is 186 Å². The van der Waals surface area contributed by atoms with Crippen molar-refractivity contribution in [1.82, 2.24) is 4.90 Å². The Kier molecular flexibility index (Phi) is 5.22. The Balaban J connectivity index is 1.63. The number of carbonyl (C=O) groups is 2. The van der Waals surface area contributed by atoms with Gasteiger partial charge in [0.1, 0.15) is 0 Å². The van der Waals surface area contributed by atoms with Gasteiger partial charge in [-0.2, -0.15) is 0 Å². The number of rotatable bonds is 4. The van der Waals surface area contributed by atoms with E-state index in [0.717, 1.165) is 27.1 Å². The lowest BCUT2D eigenvalue weighted by molar-refractivity contribution is 0.0606. The van der Waals surface area contributed by atoms with Crippen molar-refractivity contribution in [2.45, 2.75) is 6.54 Å². The molecule has 0 aliphatic heterocycles. The molecule has 2 amide bonds. The lowest BCUT2D eigenvalue weighted by Crippen LogP contribution is -2.36. The summed E-state index contributed by atoms with van der Waals surface area (Å²) in [4.78, 5) is 29.0. The molecule has 0 bridgehead atoms. The number of hydrogen-bond donors (Lipinski definition) is 0. The fraction of sp³-hybridized carbons (Fsp3) is 0.0345. The topological polar surface area (TPSA) is 37.4 Å². The second-order valence-electron chi connectivity index (χ2n) is 7.74. The first-order valence-corrected chi connectivity index (χ1v) is 10.6. The van der Waals surface area contributed by atoms with Gasteiger partial charge in [-0.3, -0.25) is 14.5 Å². The molecule has 0 radical (unpaired) electrons. The van der Waals surface area contributed by atoms with E-state index >= 15 is 0 Å². The van der Waals surface area contributed by atoms with E-state index in [9.17, 15) is 9.59 Å². The molecular weight excluding hydrogens is 394 g/mol. The number of nitrogens with zero attached hydrogens (tertiary/aromatic N) is 1. The van der Waals surface area contributed by atoms with Crippen LogP contribution in [0.4, 0.5) is 0 Å². The van der Waals surface area contributed by atoms with Gasteiger partial charge in [-0.1, -0.05) is 103 Å². The van der Waals surface area contributed by atoms with Crippen LogP contribution < -0.4 is 0 Å². The number of fused-ring (bicyclic) bond motifs is 2. The van der Waals surface area contributed by atoms with E-state index in [1.807, 2.05) is 103 Å². The second-order valence-corrected chi connectivity index (χ2v) is 7.74. The third kappa shape index (κ3) is 3.65. The van der Waals surface area contributed by atoms with E-state index in [1.54, 1.807) is 12.1 Å². The van der Waals surface area contributed by atoms with Crippen LogP contribution in [0.5, 0.6) is 0 Å². The zero-order valence-corrected chi connectivity index (χ0v) is 17.4. The summed E-state index contributed by atoms with van der Waals surface area (Å²) < 4.78 is 0. The van der Waals surface area contributed by atoms with Gasteiger partial charge in [0.2, 0.25) is 0 Å². The van der Waals surface area contributed by atoms with Gasteiger partial charge in [0, 0.05) is 11.1 Å². The maximum absolute atomic E-state index is 13.8. The Hall–Kier alpha value is -4.24. The van der Waals surface area contributed by atoms with Crippen LogP contribution in [0.3, 0.4) is 0 Å². The number of carbonyl (C=O) groups excluding carboxylic acids is 2. The highest BCUT2D eigenvalue weighted by molar-refractivity contribution is 6.18. The monoisotopic (exact) mass is 415 g/mol. The summed E-state index contributed by atoms with van der Waals surface area (Å²) in [6, 6.07) is 36.4. The van der Waals surface area contributed by atoms with Crippen molar-refractivity contribution in [2.75, 3.05) is 0 Å². The summed E-state index contributed by atoms with van der Waals surface area (Å²) in [5.74, 6) is -0.604. The third-order valence-electron chi connectivity index (χ3n) is 5.71. The van der Waals surface area contributed by atoms with Crippen molar-refractivity contribution in [3.63, 3.8) is 0 Å². The summed E-state index contributed by atoms with van der Waals surface area (Å²) in [5.41, 5.74) is 1.94. The first kappa shape index (κ1) is 19.7. The maximum atomic E-state index is 13.8. The molecule has 0 aliphatic rings. The van der Waals surface area contributed by atoms with Crippen LogP contribution in [0.2, 0.25) is 0 Å². The van der Waals surface area contributed by atoms with Gasteiger partial charge in [-0.15, -0.1) is 0 Å². The number of imide groups is 1. The molecule has 5 rings (SSSR count). The Bertz CT molecular complexity index is 1340. The number of benzene rings is 5. The van der Waals surface area contributed by atoms with E-state index in [0.29, 0.717) is 11.1 Å². The van der Waals surface area contributed by atoms with E-state index in [4.69, 9.17) is 0 Å². The summed E-state index contributed by atoms with van der Waals surface area (Å²) in [6.07, 6.45) is 0. The molecule has 3 heteroatoms. The zero-order chi connectivity index (χ0) is 21.9. The quantitative estimate of drug-likeness (QED) is 0.315. The fourth-order valence-electron chi connectivity index (χ4n) is 4.12. The molecule has 0 aromatic heterocycles. The van der Waals surface area contributed by atoms with E-state index in [-0.39, 0.29) is 18.4 Å². The molecule has 0 heterocycles. The molecular formula is C29H21NO2. The highest BCUT2D eigenvalue weighted by atomic mass is 16.2. The Morgan fingerprint density at radius 2 is 0.938 bits per heavy atom. The molecule has 0 unspecified atom stereocenters. The molecule has 0 fully saturated rings. The van der Waals surface area contributed by atoms with Crippen LogP contribution in [-0.2, 0) is 6.54 Å². The van der Waals surface area contributed by atoms with Crippen LogP contribution in [0.1, 0.15) is 26.3 Å². The first-order chi connectivity index (χ1) is 15.7. The van der Waals surface area contributed by atoms with Crippen LogP contribution in [0, 0.1) is 0 Å². The van der Waals surface area contributed by atoms with Gasteiger partial charge in [-0.05, 0) is 39.2 Å².